The van der Waals surface area contributed by atoms with Gasteiger partial charge < -0.3 is 26.0 Å². The molecule has 0 saturated carbocycles. The van der Waals surface area contributed by atoms with E-state index in [9.17, 15) is 19.8 Å². The van der Waals surface area contributed by atoms with Crippen molar-refractivity contribution in [3.8, 4) is 0 Å². The molecule has 1 unspecified atom stereocenters. The number of amides is 1. The number of anilines is 1. The lowest BCUT2D eigenvalue weighted by Crippen LogP contribution is -2.60. The van der Waals surface area contributed by atoms with E-state index < -0.39 is 6.16 Å². The minimum atomic E-state index is -1.41. The number of ether oxygens (including phenoxy) is 1. The molecule has 5 N–H and O–H groups in total. The highest BCUT2D eigenvalue weighted by Crippen LogP contribution is 2.52. The first kappa shape index (κ1) is 26.2. The van der Waals surface area contributed by atoms with E-state index >= 15 is 0 Å². The first-order valence-corrected chi connectivity index (χ1v) is 14.6. The monoisotopic (exact) mass is 543 g/mol. The predicted octanol–water partition coefficient (Wildman–Crippen LogP) is 4.40. The maximum atomic E-state index is 12.6. The largest absolute Gasteiger partial charge is 0.512 e. The molecule has 8 nitrogen and oxygen atoms in total. The standard InChI is InChI=1S/C27H33N3O5S2/c1-14-23-20(8-9-31)25(32)30(23)26(35-27(33)34)24(14)37-19-11-18(29-12-19)13-36-15(2)17-7-6-16-4-3-5-22(28)21(16)10-17/h3-7,10,14-15,18-20,23,29,31H,8-9,11-13,28H2,1-2H3,(H,33,34)/t14-,15?,18+,19+,20+,23-/m1/s1. The van der Waals surface area contributed by atoms with Crippen molar-refractivity contribution in [1.29, 1.82) is 0 Å². The molecule has 0 bridgehead atoms. The van der Waals surface area contributed by atoms with Crippen LogP contribution in [0.25, 0.3) is 10.8 Å². The number of nitrogens with zero attached hydrogens (tertiary/aromatic N) is 1. The Morgan fingerprint density at radius 3 is 2.89 bits per heavy atom. The van der Waals surface area contributed by atoms with E-state index in [0.29, 0.717) is 17.7 Å². The van der Waals surface area contributed by atoms with Gasteiger partial charge in [0.1, 0.15) is 0 Å². The number of hydrogen-bond acceptors (Lipinski definition) is 8. The quantitative estimate of drug-likeness (QED) is 0.207. The summed E-state index contributed by atoms with van der Waals surface area (Å²) in [4.78, 5) is 26.3. The van der Waals surface area contributed by atoms with Gasteiger partial charge in [-0.2, -0.15) is 11.8 Å². The number of nitrogens with one attached hydrogen (secondary N) is 1. The highest BCUT2D eigenvalue weighted by molar-refractivity contribution is 8.03. The van der Waals surface area contributed by atoms with Crippen molar-refractivity contribution in [2.24, 2.45) is 11.8 Å². The summed E-state index contributed by atoms with van der Waals surface area (Å²) < 4.78 is 5.11. The molecule has 0 spiro atoms. The van der Waals surface area contributed by atoms with Gasteiger partial charge in [-0.3, -0.25) is 9.69 Å². The van der Waals surface area contributed by atoms with Crippen LogP contribution < -0.4 is 11.1 Å². The Morgan fingerprint density at radius 1 is 1.32 bits per heavy atom. The van der Waals surface area contributed by atoms with Crippen molar-refractivity contribution in [2.45, 2.75) is 49.3 Å². The van der Waals surface area contributed by atoms with E-state index in [0.717, 1.165) is 40.1 Å². The number of β-lactam (4-membered cyclic amide) rings is 1. The van der Waals surface area contributed by atoms with Crippen LogP contribution in [0.15, 0.2) is 47.2 Å². The molecule has 2 aromatic carbocycles. The van der Waals surface area contributed by atoms with Crippen molar-refractivity contribution in [3.63, 3.8) is 0 Å². The zero-order chi connectivity index (χ0) is 26.3. The van der Waals surface area contributed by atoms with Gasteiger partial charge in [0.15, 0.2) is 0 Å². The number of carbonyl (C=O) groups is 2. The lowest BCUT2D eigenvalue weighted by atomic mass is 9.80. The van der Waals surface area contributed by atoms with Gasteiger partial charge in [-0.15, -0.1) is 11.8 Å². The Hall–Kier alpha value is -2.40. The summed E-state index contributed by atoms with van der Waals surface area (Å²) in [5, 5.41) is 25.1. The smallest absolute Gasteiger partial charge is 0.449 e. The summed E-state index contributed by atoms with van der Waals surface area (Å²) in [7, 11) is 0. The van der Waals surface area contributed by atoms with Gasteiger partial charge in [-0.25, -0.2) is 4.79 Å². The topological polar surface area (TPSA) is 125 Å². The molecule has 37 heavy (non-hydrogen) atoms. The second-order valence-corrected chi connectivity index (χ2v) is 12.7. The Bertz CT molecular complexity index is 1240. The lowest BCUT2D eigenvalue weighted by molar-refractivity contribution is -0.156. The first-order valence-electron chi connectivity index (χ1n) is 12.7. The maximum absolute atomic E-state index is 12.6. The molecule has 1 amide bonds. The number of aliphatic hydroxyl groups excluding tert-OH is 1. The fourth-order valence-corrected chi connectivity index (χ4v) is 8.30. The van der Waals surface area contributed by atoms with Gasteiger partial charge in [0.25, 0.3) is 0 Å². The van der Waals surface area contributed by atoms with Crippen LogP contribution in [-0.2, 0) is 9.53 Å². The summed E-state index contributed by atoms with van der Waals surface area (Å²) in [5.74, 6) is 0.641. The van der Waals surface area contributed by atoms with Crippen molar-refractivity contribution in [2.75, 3.05) is 24.6 Å². The molecule has 2 saturated heterocycles. The molecular weight excluding hydrogens is 510 g/mol. The van der Waals surface area contributed by atoms with Crippen LogP contribution >= 0.6 is 23.5 Å². The third kappa shape index (κ3) is 5.04. The van der Waals surface area contributed by atoms with Crippen molar-refractivity contribution in [3.05, 3.63) is 52.7 Å². The molecule has 0 aromatic heterocycles. The predicted molar refractivity (Wildman–Crippen MR) is 148 cm³/mol. The average molecular weight is 544 g/mol. The summed E-state index contributed by atoms with van der Waals surface area (Å²) >= 11 is 3.54. The molecule has 6 atom stereocenters. The van der Waals surface area contributed by atoms with E-state index in [2.05, 4.69) is 36.5 Å². The number of carboxylic acid groups (broad SMARTS) is 1. The van der Waals surface area contributed by atoms with E-state index in [-0.39, 0.29) is 41.5 Å². The summed E-state index contributed by atoms with van der Waals surface area (Å²) in [6, 6.07) is 12.7. The third-order valence-electron chi connectivity index (χ3n) is 7.68. The number of benzene rings is 2. The Labute approximate surface area is 225 Å². The van der Waals surface area contributed by atoms with Crippen LogP contribution in [0.2, 0.25) is 0 Å². The van der Waals surface area contributed by atoms with E-state index in [1.807, 2.05) is 30.8 Å². The van der Waals surface area contributed by atoms with Gasteiger partial charge in [-0.1, -0.05) is 31.2 Å². The highest BCUT2D eigenvalue weighted by Gasteiger charge is 2.58. The normalized spacial score (nSPS) is 27.9. The van der Waals surface area contributed by atoms with Gasteiger partial charge in [-0.05, 0) is 42.8 Å². The molecule has 2 fully saturated rings. The number of aliphatic hydroxyl groups is 1. The number of thioether (sulfide) groups is 2. The fourth-order valence-electron chi connectivity index (χ4n) is 5.72. The van der Waals surface area contributed by atoms with Gasteiger partial charge in [0.05, 0.1) is 16.9 Å². The van der Waals surface area contributed by atoms with Crippen molar-refractivity contribution in [1.82, 2.24) is 10.2 Å². The fraction of sp³-hybridized carbons (Fsp3) is 0.481. The second kappa shape index (κ2) is 10.8. The molecule has 3 aliphatic rings. The van der Waals surface area contributed by atoms with Crippen LogP contribution in [0.3, 0.4) is 0 Å². The number of hydrogen-bond donors (Lipinski definition) is 4. The van der Waals surface area contributed by atoms with E-state index in [1.165, 1.54) is 10.5 Å². The van der Waals surface area contributed by atoms with Crippen LogP contribution in [-0.4, -0.2) is 63.4 Å². The molecule has 0 aliphatic carbocycles. The number of fused-ring (bicyclic) bond motifs is 2. The minimum Gasteiger partial charge on any atom is -0.449 e. The van der Waals surface area contributed by atoms with Crippen LogP contribution in [0, 0.1) is 11.8 Å². The molecule has 3 heterocycles. The first-order chi connectivity index (χ1) is 17.8. The van der Waals surface area contributed by atoms with Crippen LogP contribution in [0.1, 0.15) is 37.5 Å². The Morgan fingerprint density at radius 2 is 2.14 bits per heavy atom. The average Bonchev–Trinajstić information content (AvgIpc) is 3.42. The molecule has 3 aliphatic heterocycles. The van der Waals surface area contributed by atoms with Crippen molar-refractivity contribution < 1.29 is 24.5 Å². The summed E-state index contributed by atoms with van der Waals surface area (Å²) in [6.45, 7) is 4.98. The van der Waals surface area contributed by atoms with Gasteiger partial charge in [0, 0.05) is 52.4 Å². The molecule has 5 rings (SSSR count). The second-order valence-electron chi connectivity index (χ2n) is 10.0. The SMILES string of the molecule is CC(SC[C@@H]1C[C@H](SC2=C(OC(=O)O)N3C(=O)[C@@H](CCO)[C@H]3[C@H]2C)CN1)c1ccc2cccc(N)c2c1. The molecular formula is C27H33N3O5S2. The number of nitrogens with two attached hydrogens (primary N) is 1. The summed E-state index contributed by atoms with van der Waals surface area (Å²) in [5.41, 5.74) is 8.23. The van der Waals surface area contributed by atoms with Crippen molar-refractivity contribution >= 4 is 52.0 Å². The molecule has 2 aromatic rings. The molecule has 0 radical (unpaired) electrons. The zero-order valence-corrected chi connectivity index (χ0v) is 22.6. The number of nitrogen functional groups attached to an aromatic ring is 1. The van der Waals surface area contributed by atoms with E-state index in [1.54, 1.807) is 11.8 Å². The minimum absolute atomic E-state index is 0.0256. The van der Waals surface area contributed by atoms with E-state index in [4.69, 9.17) is 10.5 Å². The third-order valence-corrected chi connectivity index (χ3v) is 10.5. The molecule has 198 valence electrons. The summed E-state index contributed by atoms with van der Waals surface area (Å²) in [6.07, 6.45) is -0.0817. The maximum Gasteiger partial charge on any atom is 0.512 e. The van der Waals surface area contributed by atoms with Gasteiger partial charge in [0.2, 0.25) is 11.8 Å². The lowest BCUT2D eigenvalue weighted by Gasteiger charge is -2.44. The van der Waals surface area contributed by atoms with Gasteiger partial charge >= 0.3 is 6.16 Å². The Kier molecular flexibility index (Phi) is 7.63. The molecule has 10 heteroatoms. The van der Waals surface area contributed by atoms with Crippen LogP contribution in [0.5, 0.6) is 0 Å². The zero-order valence-electron chi connectivity index (χ0n) is 20.9. The number of rotatable bonds is 9. The number of carbonyl (C=O) groups excluding carboxylic acids is 1. The van der Waals surface area contributed by atoms with Crippen LogP contribution in [0.4, 0.5) is 10.5 Å². The highest BCUT2D eigenvalue weighted by atomic mass is 32.2. The Balaban J connectivity index is 1.20.